The first-order chi connectivity index (χ1) is 9.30. The number of hydrogen-bond donors (Lipinski definition) is 1. The van der Waals surface area contributed by atoms with Gasteiger partial charge in [0, 0.05) is 24.3 Å². The van der Waals surface area contributed by atoms with Crippen LogP contribution in [0.4, 0.5) is 0 Å². The van der Waals surface area contributed by atoms with Gasteiger partial charge in [-0.2, -0.15) is 9.97 Å². The van der Waals surface area contributed by atoms with Crippen LogP contribution in [0.2, 0.25) is 0 Å². The summed E-state index contributed by atoms with van der Waals surface area (Å²) in [6.07, 6.45) is 4.05. The molecule has 108 valence electrons. The third-order valence-corrected chi connectivity index (χ3v) is 4.49. The van der Waals surface area contributed by atoms with Crippen LogP contribution in [0.3, 0.4) is 0 Å². The summed E-state index contributed by atoms with van der Waals surface area (Å²) < 4.78 is 14.6. The molecule has 1 aliphatic rings. The monoisotopic (exact) mass is 296 g/mol. The van der Waals surface area contributed by atoms with Gasteiger partial charge in [0.1, 0.15) is 11.8 Å². The Hall–Kier alpha value is -1.38. The highest BCUT2D eigenvalue weighted by Crippen LogP contribution is 2.41. The first-order valence-corrected chi connectivity index (χ1v) is 7.86. The number of aromatic nitrogens is 4. The highest BCUT2D eigenvalue weighted by molar-refractivity contribution is 7.90. The summed E-state index contributed by atoms with van der Waals surface area (Å²) in [7, 11) is 1.66. The fraction of sp³-hybridized carbons (Fsp3) is 0.583. The highest BCUT2D eigenvalue weighted by Gasteiger charge is 2.41. The molecule has 1 N–H and O–H groups in total. The number of aryl methyl sites for hydroxylation is 1. The molecule has 2 aromatic heterocycles. The molecule has 0 spiro atoms. The van der Waals surface area contributed by atoms with Gasteiger partial charge in [-0.25, -0.2) is 4.79 Å². The van der Waals surface area contributed by atoms with E-state index >= 15 is 0 Å². The SMILES string of the molecule is Cn1c(=O)n(C2CC(C)(O)C2)c2nc([S+](C)[O-])ncc21. The van der Waals surface area contributed by atoms with Crippen LogP contribution in [0, 0.1) is 0 Å². The molecule has 1 aliphatic carbocycles. The van der Waals surface area contributed by atoms with Gasteiger partial charge in [0.2, 0.25) is 0 Å². The first kappa shape index (κ1) is 13.6. The van der Waals surface area contributed by atoms with Crippen molar-refractivity contribution >= 4 is 22.3 Å². The van der Waals surface area contributed by atoms with Crippen molar-refractivity contribution in [3.05, 3.63) is 16.7 Å². The molecule has 0 aliphatic heterocycles. The molecular weight excluding hydrogens is 280 g/mol. The third kappa shape index (κ3) is 1.95. The lowest BCUT2D eigenvalue weighted by Gasteiger charge is -2.41. The van der Waals surface area contributed by atoms with Crippen LogP contribution in [0.5, 0.6) is 0 Å². The Balaban J connectivity index is 2.17. The maximum atomic E-state index is 12.3. The molecule has 1 atom stereocenters. The van der Waals surface area contributed by atoms with E-state index in [1.807, 2.05) is 0 Å². The van der Waals surface area contributed by atoms with Crippen molar-refractivity contribution in [2.45, 2.75) is 36.6 Å². The minimum absolute atomic E-state index is 0.0748. The molecule has 1 unspecified atom stereocenters. The average Bonchev–Trinajstić information content (AvgIpc) is 2.58. The van der Waals surface area contributed by atoms with Crippen LogP contribution in [0.15, 0.2) is 16.1 Å². The zero-order chi connectivity index (χ0) is 14.7. The fourth-order valence-corrected chi connectivity index (χ4v) is 3.14. The molecule has 0 radical (unpaired) electrons. The van der Waals surface area contributed by atoms with Crippen LogP contribution in [-0.2, 0) is 18.2 Å². The van der Waals surface area contributed by atoms with Gasteiger partial charge >= 0.3 is 10.8 Å². The van der Waals surface area contributed by atoms with Gasteiger partial charge in [-0.3, -0.25) is 9.13 Å². The van der Waals surface area contributed by atoms with Crippen molar-refractivity contribution in [3.8, 4) is 0 Å². The Kier molecular flexibility index (Phi) is 2.93. The fourth-order valence-electron chi connectivity index (χ4n) is 2.73. The molecule has 0 aromatic carbocycles. The van der Waals surface area contributed by atoms with Crippen molar-refractivity contribution in [2.75, 3.05) is 6.26 Å². The Morgan fingerprint density at radius 1 is 1.55 bits per heavy atom. The maximum absolute atomic E-state index is 12.3. The normalized spacial score (nSPS) is 27.6. The van der Waals surface area contributed by atoms with Crippen LogP contribution in [0.25, 0.3) is 11.2 Å². The van der Waals surface area contributed by atoms with E-state index in [4.69, 9.17) is 0 Å². The van der Waals surface area contributed by atoms with Gasteiger partial charge in [0.05, 0.1) is 11.8 Å². The summed E-state index contributed by atoms with van der Waals surface area (Å²) in [6, 6.07) is -0.0748. The molecule has 0 amide bonds. The molecule has 3 rings (SSSR count). The van der Waals surface area contributed by atoms with Crippen molar-refractivity contribution in [1.29, 1.82) is 0 Å². The quantitative estimate of drug-likeness (QED) is 0.619. The Morgan fingerprint density at radius 2 is 2.20 bits per heavy atom. The van der Waals surface area contributed by atoms with Crippen molar-refractivity contribution in [1.82, 2.24) is 19.1 Å². The summed E-state index contributed by atoms with van der Waals surface area (Å²) in [5.74, 6) is 0. The lowest BCUT2D eigenvalue weighted by atomic mass is 9.77. The number of aliphatic hydroxyl groups is 1. The molecule has 0 saturated heterocycles. The van der Waals surface area contributed by atoms with Gasteiger partial charge in [0.25, 0.3) is 0 Å². The summed E-state index contributed by atoms with van der Waals surface area (Å²) >= 11 is -1.30. The van der Waals surface area contributed by atoms with Crippen molar-refractivity contribution in [2.24, 2.45) is 7.05 Å². The largest absolute Gasteiger partial charge is 0.609 e. The van der Waals surface area contributed by atoms with E-state index in [0.717, 1.165) is 0 Å². The molecule has 7 nitrogen and oxygen atoms in total. The van der Waals surface area contributed by atoms with Crippen LogP contribution < -0.4 is 5.69 Å². The van der Waals surface area contributed by atoms with Crippen LogP contribution in [0.1, 0.15) is 25.8 Å². The number of rotatable bonds is 2. The van der Waals surface area contributed by atoms with Gasteiger partial charge in [-0.15, -0.1) is 0 Å². The zero-order valence-corrected chi connectivity index (χ0v) is 12.3. The maximum Gasteiger partial charge on any atom is 0.344 e. The molecule has 8 heteroatoms. The summed E-state index contributed by atoms with van der Waals surface area (Å²) in [4.78, 5) is 20.6. The predicted octanol–water partition coefficient (Wildman–Crippen LogP) is -0.0467. The van der Waals surface area contributed by atoms with E-state index in [1.165, 1.54) is 17.0 Å². The Labute approximate surface area is 118 Å². The molecule has 0 bridgehead atoms. The first-order valence-electron chi connectivity index (χ1n) is 6.30. The topological polar surface area (TPSA) is 96.0 Å². The second-order valence-corrected chi connectivity index (χ2v) is 6.86. The smallest absolute Gasteiger partial charge is 0.344 e. The van der Waals surface area contributed by atoms with E-state index in [2.05, 4.69) is 9.97 Å². The number of imidazole rings is 1. The zero-order valence-electron chi connectivity index (χ0n) is 11.5. The van der Waals surface area contributed by atoms with Gasteiger partial charge in [-0.05, 0) is 19.8 Å². The highest BCUT2D eigenvalue weighted by atomic mass is 32.2. The lowest BCUT2D eigenvalue weighted by molar-refractivity contribution is -0.0509. The van der Waals surface area contributed by atoms with Gasteiger partial charge in [0.15, 0.2) is 5.65 Å². The van der Waals surface area contributed by atoms with Crippen molar-refractivity contribution in [3.63, 3.8) is 0 Å². The van der Waals surface area contributed by atoms with E-state index < -0.39 is 16.8 Å². The lowest BCUT2D eigenvalue weighted by Crippen LogP contribution is -2.45. The van der Waals surface area contributed by atoms with Crippen LogP contribution in [-0.4, -0.2) is 40.6 Å². The Morgan fingerprint density at radius 3 is 2.75 bits per heavy atom. The predicted molar refractivity (Wildman–Crippen MR) is 74.0 cm³/mol. The average molecular weight is 296 g/mol. The van der Waals surface area contributed by atoms with Crippen molar-refractivity contribution < 1.29 is 9.66 Å². The summed E-state index contributed by atoms with van der Waals surface area (Å²) in [5, 5.41) is 10.1. The van der Waals surface area contributed by atoms with Gasteiger partial charge in [-0.1, -0.05) is 0 Å². The van der Waals surface area contributed by atoms with Gasteiger partial charge < -0.3 is 9.66 Å². The molecule has 2 aromatic rings. The molecule has 2 heterocycles. The number of nitrogens with zero attached hydrogens (tertiary/aromatic N) is 4. The van der Waals surface area contributed by atoms with E-state index in [9.17, 15) is 14.5 Å². The van der Waals surface area contributed by atoms with E-state index in [0.29, 0.717) is 24.0 Å². The van der Waals surface area contributed by atoms with Crippen LogP contribution >= 0.6 is 0 Å². The second-order valence-electron chi connectivity index (χ2n) is 5.59. The number of fused-ring (bicyclic) bond motifs is 1. The minimum atomic E-state index is -1.30. The molecular formula is C12H16N4O3S. The Bertz CT molecular complexity index is 726. The molecule has 1 fully saturated rings. The van der Waals surface area contributed by atoms with E-state index in [-0.39, 0.29) is 16.9 Å². The number of hydrogen-bond acceptors (Lipinski definition) is 5. The molecule has 20 heavy (non-hydrogen) atoms. The molecule has 1 saturated carbocycles. The minimum Gasteiger partial charge on any atom is -0.609 e. The van der Waals surface area contributed by atoms with E-state index in [1.54, 1.807) is 18.5 Å². The summed E-state index contributed by atoms with van der Waals surface area (Å²) in [5.41, 5.74) is 0.179. The summed E-state index contributed by atoms with van der Waals surface area (Å²) in [6.45, 7) is 1.75. The standard InChI is InChI=1S/C12H16N4O3S/c1-12(18)4-7(5-12)16-9-8(15(2)11(16)17)6-13-10(14-9)20(3)19/h6-7,18H,4-5H2,1-3H3. The second kappa shape index (κ2) is 4.31. The third-order valence-electron chi connectivity index (χ3n) is 3.78.